The molecule has 0 bridgehead atoms. The molecule has 0 aliphatic carbocycles. The van der Waals surface area contributed by atoms with Crippen molar-refractivity contribution >= 4 is 36.9 Å². The number of carbonyl (C=O) groups is 1. The number of aromatic hydroxyl groups is 1. The number of phenolic OH excluding ortho intramolecular Hbond substituents is 1. The van der Waals surface area contributed by atoms with E-state index in [0.29, 0.717) is 5.75 Å². The van der Waals surface area contributed by atoms with Gasteiger partial charge in [0.05, 0.1) is 0 Å². The maximum Gasteiger partial charge on any atom is 0.123 e. The molecule has 0 heterocycles. The normalized spacial score (nSPS) is 9.75. The summed E-state index contributed by atoms with van der Waals surface area (Å²) < 4.78 is 0. The van der Waals surface area contributed by atoms with Crippen LogP contribution in [-0.4, -0.2) is 17.6 Å². The quantitative estimate of drug-likeness (QED) is 0.142. The third-order valence-corrected chi connectivity index (χ3v) is 4.10. The van der Waals surface area contributed by atoms with Gasteiger partial charge in [-0.1, -0.05) is 78.9 Å². The van der Waals surface area contributed by atoms with Crippen molar-refractivity contribution in [3.8, 4) is 5.75 Å². The average molecular weight is 563 g/mol. The molecule has 0 saturated carbocycles. The van der Waals surface area contributed by atoms with E-state index in [-0.39, 0.29) is 0 Å². The Morgan fingerprint density at radius 2 is 1.50 bits per heavy atom. The molecule has 218 valence electrons. The molecule has 40 heavy (non-hydrogen) atoms. The number of allylic oxidation sites excluding steroid dienone is 7. The van der Waals surface area contributed by atoms with E-state index in [2.05, 4.69) is 87.2 Å². The summed E-state index contributed by atoms with van der Waals surface area (Å²) in [6, 6.07) is 13.8. The minimum atomic E-state index is 0.350. The van der Waals surface area contributed by atoms with E-state index in [1.807, 2.05) is 77.1 Å². The van der Waals surface area contributed by atoms with Crippen LogP contribution in [-0.2, 0) is 4.79 Å². The van der Waals surface area contributed by atoms with Crippen LogP contribution in [0.25, 0.3) is 6.08 Å². The lowest BCUT2D eigenvalue weighted by Gasteiger charge is -2.05. The molecule has 4 nitrogen and oxygen atoms in total. The fourth-order valence-corrected chi connectivity index (χ4v) is 2.44. The van der Waals surface area contributed by atoms with Crippen molar-refractivity contribution < 1.29 is 9.90 Å². The van der Waals surface area contributed by atoms with Crippen LogP contribution >= 0.6 is 12.6 Å². The number of thiol groups is 1. The van der Waals surface area contributed by atoms with Gasteiger partial charge in [-0.25, -0.2) is 0 Å². The van der Waals surface area contributed by atoms with Crippen molar-refractivity contribution in [3.05, 3.63) is 125 Å². The number of nitrogens with zero attached hydrogens (tertiary/aromatic N) is 1. The maximum absolute atomic E-state index is 9.37. The third-order valence-electron chi connectivity index (χ3n) is 4.10. The van der Waals surface area contributed by atoms with Gasteiger partial charge in [0.25, 0.3) is 0 Å². The lowest BCUT2D eigenvalue weighted by atomic mass is 10.1. The molecule has 0 saturated heterocycles. The van der Waals surface area contributed by atoms with Gasteiger partial charge in [-0.2, -0.15) is 0 Å². The molecule has 0 fully saturated rings. The van der Waals surface area contributed by atoms with Crippen molar-refractivity contribution in [1.29, 1.82) is 0 Å². The summed E-state index contributed by atoms with van der Waals surface area (Å²) in [5.74, 6) is 0.350. The van der Waals surface area contributed by atoms with Gasteiger partial charge in [-0.3, -0.25) is 4.99 Å². The third kappa shape index (κ3) is 28.7. The van der Waals surface area contributed by atoms with E-state index >= 15 is 0 Å². The molecule has 0 spiro atoms. The van der Waals surface area contributed by atoms with E-state index < -0.39 is 0 Å². The van der Waals surface area contributed by atoms with Gasteiger partial charge in [-0.05, 0) is 97.1 Å². The fourth-order valence-electron chi connectivity index (χ4n) is 2.44. The van der Waals surface area contributed by atoms with Crippen molar-refractivity contribution in [1.82, 2.24) is 0 Å². The first-order valence-corrected chi connectivity index (χ1v) is 13.4. The molecule has 2 N–H and O–H groups in total. The number of hydrogen-bond donors (Lipinski definition) is 3. The zero-order valence-electron chi connectivity index (χ0n) is 25.9. The molecule has 0 unspecified atom stereocenters. The van der Waals surface area contributed by atoms with Crippen molar-refractivity contribution in [3.63, 3.8) is 0 Å². The summed E-state index contributed by atoms with van der Waals surface area (Å²) >= 11 is 3.77. The summed E-state index contributed by atoms with van der Waals surface area (Å²) in [5, 5.41) is 12.6. The summed E-state index contributed by atoms with van der Waals surface area (Å²) in [7, 11) is 0. The lowest BCUT2D eigenvalue weighted by molar-refractivity contribution is -0.106. The minimum Gasteiger partial charge on any atom is -0.507 e. The Kier molecular flexibility index (Phi) is 28.7. The van der Waals surface area contributed by atoms with Crippen LogP contribution in [0.4, 0.5) is 5.69 Å². The molecule has 0 aliphatic rings. The van der Waals surface area contributed by atoms with E-state index in [4.69, 9.17) is 4.79 Å². The second-order valence-corrected chi connectivity index (χ2v) is 9.25. The van der Waals surface area contributed by atoms with Gasteiger partial charge < -0.3 is 15.2 Å². The predicted molar refractivity (Wildman–Crippen MR) is 185 cm³/mol. The van der Waals surface area contributed by atoms with E-state index in [1.165, 1.54) is 18.1 Å². The van der Waals surface area contributed by atoms with Crippen LogP contribution in [0.3, 0.4) is 0 Å². The Bertz CT molecular complexity index is 1080. The van der Waals surface area contributed by atoms with E-state index in [9.17, 15) is 5.11 Å². The Labute approximate surface area is 249 Å². The maximum atomic E-state index is 9.37. The number of anilines is 1. The molecule has 2 aromatic carbocycles. The van der Waals surface area contributed by atoms with Gasteiger partial charge in [0.15, 0.2) is 0 Å². The average Bonchev–Trinajstić information content (AvgIpc) is 2.87. The molecule has 5 heteroatoms. The Balaban J connectivity index is -0.000000492. The van der Waals surface area contributed by atoms with Gasteiger partial charge in [-0.15, -0.1) is 12.6 Å². The summed E-state index contributed by atoms with van der Waals surface area (Å²) in [5.41, 5.74) is 6.51. The topological polar surface area (TPSA) is 61.7 Å². The summed E-state index contributed by atoms with van der Waals surface area (Å²) in [6.07, 6.45) is 16.0. The number of aliphatic imine (C=N–C) groups is 1. The lowest BCUT2D eigenvalue weighted by Crippen LogP contribution is -1.94. The summed E-state index contributed by atoms with van der Waals surface area (Å²) in [4.78, 5) is 13.5. The van der Waals surface area contributed by atoms with E-state index in [0.717, 1.165) is 33.7 Å². The number of hydrogen-bond acceptors (Lipinski definition) is 5. The van der Waals surface area contributed by atoms with Crippen LogP contribution in [0.1, 0.15) is 65.2 Å². The standard InChI is InChI=1S/C15H19N.C10H12O.C5H9N.C3H6S.C2H4O/c1-12(2)6-5-7-14(4)16-15-10-8-13(3)9-11-15;1-3-5-9-8(2)6-4-7-10(9)11;1-3-5-6-4-2;1-3(2)4;1-2-3/h5-11,16H,4H2,1-3H3;3-7,11H,1-2H3;3-5H,1-2H3;4H,1H2,2H3;2H,1H3/b7-5-;5-3+;5-3-,6-4?;;. The molecule has 0 radical (unpaired) electrons. The monoisotopic (exact) mass is 562 g/mol. The summed E-state index contributed by atoms with van der Waals surface area (Å²) in [6.45, 7) is 24.6. The molecule has 0 amide bonds. The Hall–Kier alpha value is -3.83. The van der Waals surface area contributed by atoms with Crippen LogP contribution in [0.2, 0.25) is 0 Å². The minimum absolute atomic E-state index is 0.350. The van der Waals surface area contributed by atoms with Crippen LogP contribution in [0.5, 0.6) is 5.75 Å². The Morgan fingerprint density at radius 3 is 1.90 bits per heavy atom. The Morgan fingerprint density at radius 1 is 0.950 bits per heavy atom. The number of carbonyl (C=O) groups excluding carboxylic acids is 1. The van der Waals surface area contributed by atoms with Gasteiger partial charge in [0.1, 0.15) is 12.0 Å². The van der Waals surface area contributed by atoms with Gasteiger partial charge >= 0.3 is 0 Å². The molecule has 0 aromatic heterocycles. The van der Waals surface area contributed by atoms with Crippen LogP contribution in [0, 0.1) is 13.8 Å². The highest BCUT2D eigenvalue weighted by molar-refractivity contribution is 7.84. The van der Waals surface area contributed by atoms with Crippen LogP contribution in [0.15, 0.2) is 113 Å². The highest BCUT2D eigenvalue weighted by Crippen LogP contribution is 2.21. The first kappa shape index (κ1) is 40.7. The second kappa shape index (κ2) is 28.2. The second-order valence-electron chi connectivity index (χ2n) is 8.49. The zero-order chi connectivity index (χ0) is 31.3. The predicted octanol–water partition coefficient (Wildman–Crippen LogP) is 10.4. The number of nitrogens with one attached hydrogen (secondary N) is 1. The number of benzene rings is 2. The first-order valence-electron chi connectivity index (χ1n) is 13.0. The number of phenols is 1. The van der Waals surface area contributed by atoms with Gasteiger partial charge in [0.2, 0.25) is 0 Å². The first-order chi connectivity index (χ1) is 18.9. The molecule has 0 atom stereocenters. The molecular formula is C35H50N2O2S. The van der Waals surface area contributed by atoms with Crippen molar-refractivity contribution in [2.45, 2.75) is 62.3 Å². The van der Waals surface area contributed by atoms with Crippen molar-refractivity contribution in [2.75, 3.05) is 5.32 Å². The SMILES string of the molecule is C/C=C/c1c(C)cccc1O.C=C(/C=C\C=C(C)C)Nc1ccc(C)cc1.C=C(C)S.CC=N/C=C\C.CC=O. The fraction of sp³-hybridized carbons (Fsp3) is 0.257. The molecule has 0 aliphatic heterocycles. The van der Waals surface area contributed by atoms with Crippen LogP contribution < -0.4 is 5.32 Å². The number of aryl methyl sites for hydroxylation is 2. The number of aldehydes is 1. The molecular weight excluding hydrogens is 512 g/mol. The zero-order valence-corrected chi connectivity index (χ0v) is 26.8. The molecule has 2 aromatic rings. The van der Waals surface area contributed by atoms with Crippen molar-refractivity contribution in [2.24, 2.45) is 4.99 Å². The highest BCUT2D eigenvalue weighted by atomic mass is 32.1. The molecule has 2 rings (SSSR count). The smallest absolute Gasteiger partial charge is 0.123 e. The highest BCUT2D eigenvalue weighted by Gasteiger charge is 1.98. The number of rotatable bonds is 6. The van der Waals surface area contributed by atoms with E-state index in [1.54, 1.807) is 18.5 Å². The largest absolute Gasteiger partial charge is 0.507 e. The van der Waals surface area contributed by atoms with Gasteiger partial charge in [0, 0.05) is 29.4 Å².